The minimum absolute atomic E-state index is 0.799. The van der Waals surface area contributed by atoms with E-state index in [1.807, 2.05) is 0 Å². The number of ether oxygens (including phenoxy) is 1. The molecule has 3 heterocycles. The van der Waals surface area contributed by atoms with Gasteiger partial charge in [0.25, 0.3) is 0 Å². The molecule has 4 rings (SSSR count). The molecule has 0 aliphatic carbocycles. The smallest absolute Gasteiger partial charge is 0.131 e. The zero-order valence-corrected chi connectivity index (χ0v) is 12.3. The summed E-state index contributed by atoms with van der Waals surface area (Å²) in [5.41, 5.74) is 2.45. The quantitative estimate of drug-likeness (QED) is 0.847. The van der Waals surface area contributed by atoms with Crippen LogP contribution in [0.4, 0.5) is 11.5 Å². The maximum atomic E-state index is 5.46. The molecule has 21 heavy (non-hydrogen) atoms. The molecule has 1 aromatic heterocycles. The zero-order valence-electron chi connectivity index (χ0n) is 12.3. The Bertz CT molecular complexity index is 631. The summed E-state index contributed by atoms with van der Waals surface area (Å²) in [4.78, 5) is 9.73. The third kappa shape index (κ3) is 2.44. The van der Waals surface area contributed by atoms with Gasteiger partial charge in [0.05, 0.1) is 18.7 Å². The van der Waals surface area contributed by atoms with Gasteiger partial charge in [0, 0.05) is 43.3 Å². The van der Waals surface area contributed by atoms with Crippen molar-refractivity contribution in [2.75, 3.05) is 49.2 Å². The number of fused-ring (bicyclic) bond motifs is 1. The van der Waals surface area contributed by atoms with Gasteiger partial charge in [0.2, 0.25) is 0 Å². The average Bonchev–Trinajstić information content (AvgIpc) is 3.09. The molecule has 0 unspecified atom stereocenters. The number of anilines is 2. The Balaban J connectivity index is 1.80. The molecule has 4 nitrogen and oxygen atoms in total. The Morgan fingerprint density at radius 2 is 1.67 bits per heavy atom. The number of pyridine rings is 1. The van der Waals surface area contributed by atoms with Crippen LogP contribution in [0.1, 0.15) is 12.8 Å². The van der Waals surface area contributed by atoms with Gasteiger partial charge in [-0.2, -0.15) is 0 Å². The number of rotatable bonds is 2. The van der Waals surface area contributed by atoms with Crippen LogP contribution >= 0.6 is 0 Å². The molecular formula is C17H21N3O. The maximum Gasteiger partial charge on any atom is 0.131 e. The van der Waals surface area contributed by atoms with Gasteiger partial charge in [0.15, 0.2) is 0 Å². The van der Waals surface area contributed by atoms with Crippen molar-refractivity contribution in [3.63, 3.8) is 0 Å². The fraction of sp³-hybridized carbons (Fsp3) is 0.471. The van der Waals surface area contributed by atoms with E-state index in [1.165, 1.54) is 23.9 Å². The van der Waals surface area contributed by atoms with Crippen LogP contribution in [0, 0.1) is 0 Å². The average molecular weight is 283 g/mol. The Morgan fingerprint density at radius 3 is 2.48 bits per heavy atom. The summed E-state index contributed by atoms with van der Waals surface area (Å²) < 4.78 is 5.46. The van der Waals surface area contributed by atoms with E-state index in [9.17, 15) is 0 Å². The van der Waals surface area contributed by atoms with Gasteiger partial charge in [-0.05, 0) is 18.9 Å². The van der Waals surface area contributed by atoms with Crippen LogP contribution < -0.4 is 9.80 Å². The highest BCUT2D eigenvalue weighted by Crippen LogP contribution is 2.32. The SMILES string of the molecule is c1ccc2c(N3CCCC3)cc(N3CCOCC3)nc2c1. The summed E-state index contributed by atoms with van der Waals surface area (Å²) in [7, 11) is 0. The van der Waals surface area contributed by atoms with Gasteiger partial charge in [-0.15, -0.1) is 0 Å². The molecule has 2 aromatic rings. The summed E-state index contributed by atoms with van der Waals surface area (Å²) in [5.74, 6) is 1.10. The van der Waals surface area contributed by atoms with Crippen LogP contribution in [0.3, 0.4) is 0 Å². The molecule has 0 bridgehead atoms. The highest BCUT2D eigenvalue weighted by atomic mass is 16.5. The van der Waals surface area contributed by atoms with E-state index >= 15 is 0 Å². The van der Waals surface area contributed by atoms with Crippen molar-refractivity contribution in [3.8, 4) is 0 Å². The largest absolute Gasteiger partial charge is 0.378 e. The van der Waals surface area contributed by atoms with E-state index in [0.29, 0.717) is 0 Å². The third-order valence-corrected chi connectivity index (χ3v) is 4.46. The normalized spacial score (nSPS) is 19.4. The molecular weight excluding hydrogens is 262 g/mol. The van der Waals surface area contributed by atoms with Gasteiger partial charge < -0.3 is 14.5 Å². The zero-order chi connectivity index (χ0) is 14.1. The molecule has 2 aliphatic rings. The molecule has 2 aliphatic heterocycles. The Labute approximate surface area is 125 Å². The summed E-state index contributed by atoms with van der Waals surface area (Å²) in [6.07, 6.45) is 2.59. The Hall–Kier alpha value is -1.81. The number of hydrogen-bond donors (Lipinski definition) is 0. The number of aromatic nitrogens is 1. The predicted octanol–water partition coefficient (Wildman–Crippen LogP) is 2.67. The third-order valence-electron chi connectivity index (χ3n) is 4.46. The van der Waals surface area contributed by atoms with Crippen LogP contribution in [0.5, 0.6) is 0 Å². The molecule has 1 aromatic carbocycles. The van der Waals surface area contributed by atoms with Crippen LogP contribution in [-0.4, -0.2) is 44.4 Å². The highest BCUT2D eigenvalue weighted by Gasteiger charge is 2.19. The lowest BCUT2D eigenvalue weighted by Gasteiger charge is -2.29. The lowest BCUT2D eigenvalue weighted by Crippen LogP contribution is -2.37. The number of benzene rings is 1. The number of para-hydroxylation sites is 1. The van der Waals surface area contributed by atoms with Crippen molar-refractivity contribution in [1.29, 1.82) is 0 Å². The fourth-order valence-electron chi connectivity index (χ4n) is 3.32. The van der Waals surface area contributed by atoms with Crippen LogP contribution in [-0.2, 0) is 4.74 Å². The first-order valence-electron chi connectivity index (χ1n) is 7.89. The van der Waals surface area contributed by atoms with Crippen molar-refractivity contribution in [3.05, 3.63) is 30.3 Å². The second-order valence-electron chi connectivity index (χ2n) is 5.81. The second-order valence-corrected chi connectivity index (χ2v) is 5.81. The summed E-state index contributed by atoms with van der Waals surface area (Å²) >= 11 is 0. The van der Waals surface area contributed by atoms with Crippen molar-refractivity contribution in [2.45, 2.75) is 12.8 Å². The van der Waals surface area contributed by atoms with Crippen LogP contribution in [0.25, 0.3) is 10.9 Å². The topological polar surface area (TPSA) is 28.6 Å². The molecule has 0 atom stereocenters. The molecule has 4 heteroatoms. The first kappa shape index (κ1) is 12.9. The maximum absolute atomic E-state index is 5.46. The van der Waals surface area contributed by atoms with Crippen molar-refractivity contribution in [2.24, 2.45) is 0 Å². The lowest BCUT2D eigenvalue weighted by molar-refractivity contribution is 0.122. The molecule has 0 spiro atoms. The first-order valence-corrected chi connectivity index (χ1v) is 7.89. The number of nitrogens with zero attached hydrogens (tertiary/aromatic N) is 3. The summed E-state index contributed by atoms with van der Waals surface area (Å²) in [6.45, 7) is 5.80. The lowest BCUT2D eigenvalue weighted by atomic mass is 10.1. The summed E-state index contributed by atoms with van der Waals surface area (Å²) in [6, 6.07) is 10.8. The second kappa shape index (κ2) is 5.53. The Kier molecular flexibility index (Phi) is 3.39. The van der Waals surface area contributed by atoms with E-state index in [0.717, 1.165) is 50.7 Å². The molecule has 0 saturated carbocycles. The first-order chi connectivity index (χ1) is 10.4. The van der Waals surface area contributed by atoms with Gasteiger partial charge in [-0.1, -0.05) is 18.2 Å². The van der Waals surface area contributed by atoms with Crippen molar-refractivity contribution in [1.82, 2.24) is 4.98 Å². The molecule has 110 valence electrons. The standard InChI is InChI=1S/C17H21N3O/c1-2-6-15-14(5-1)16(19-7-3-4-8-19)13-17(18-15)20-9-11-21-12-10-20/h1-2,5-6,13H,3-4,7-12H2. The summed E-state index contributed by atoms with van der Waals surface area (Å²) in [5, 5.41) is 1.27. The molecule has 2 fully saturated rings. The van der Waals surface area contributed by atoms with Crippen LogP contribution in [0.15, 0.2) is 30.3 Å². The van der Waals surface area contributed by atoms with Crippen molar-refractivity contribution < 1.29 is 4.74 Å². The molecule has 0 N–H and O–H groups in total. The van der Waals surface area contributed by atoms with E-state index < -0.39 is 0 Å². The van der Waals surface area contributed by atoms with Crippen molar-refractivity contribution >= 4 is 22.4 Å². The number of morpholine rings is 1. The van der Waals surface area contributed by atoms with E-state index in [2.05, 4.69) is 40.1 Å². The number of hydrogen-bond acceptors (Lipinski definition) is 4. The molecule has 2 saturated heterocycles. The predicted molar refractivity (Wildman–Crippen MR) is 86.2 cm³/mol. The fourth-order valence-corrected chi connectivity index (χ4v) is 3.32. The minimum Gasteiger partial charge on any atom is -0.378 e. The minimum atomic E-state index is 0.799. The molecule has 0 amide bonds. The Morgan fingerprint density at radius 1 is 0.905 bits per heavy atom. The van der Waals surface area contributed by atoms with Gasteiger partial charge in [0.1, 0.15) is 5.82 Å². The van der Waals surface area contributed by atoms with E-state index in [1.54, 1.807) is 0 Å². The molecule has 0 radical (unpaired) electrons. The van der Waals surface area contributed by atoms with E-state index in [-0.39, 0.29) is 0 Å². The monoisotopic (exact) mass is 283 g/mol. The van der Waals surface area contributed by atoms with Gasteiger partial charge in [-0.25, -0.2) is 4.98 Å². The van der Waals surface area contributed by atoms with Crippen LogP contribution in [0.2, 0.25) is 0 Å². The van der Waals surface area contributed by atoms with E-state index in [4.69, 9.17) is 9.72 Å². The van der Waals surface area contributed by atoms with Gasteiger partial charge in [-0.3, -0.25) is 0 Å². The van der Waals surface area contributed by atoms with Gasteiger partial charge >= 0.3 is 0 Å². The highest BCUT2D eigenvalue weighted by molar-refractivity contribution is 5.93.